The van der Waals surface area contributed by atoms with Crippen molar-refractivity contribution in [1.82, 2.24) is 5.32 Å². The fourth-order valence-corrected chi connectivity index (χ4v) is 2.09. The monoisotopic (exact) mass is 358 g/mol. The van der Waals surface area contributed by atoms with Gasteiger partial charge in [-0.3, -0.25) is 19.7 Å². The second-order valence-corrected chi connectivity index (χ2v) is 5.19. The molecular formula is C13H15BrN2O5. The van der Waals surface area contributed by atoms with Crippen LogP contribution >= 0.6 is 15.9 Å². The Morgan fingerprint density at radius 2 is 2.10 bits per heavy atom. The van der Waals surface area contributed by atoms with Crippen molar-refractivity contribution < 1.29 is 19.2 Å². The highest BCUT2D eigenvalue weighted by Gasteiger charge is 2.26. The summed E-state index contributed by atoms with van der Waals surface area (Å²) < 4.78 is 5.76. The highest BCUT2D eigenvalue weighted by molar-refractivity contribution is 9.10. The van der Waals surface area contributed by atoms with Crippen molar-refractivity contribution in [3.05, 3.63) is 32.3 Å². The Morgan fingerprint density at radius 1 is 1.48 bits per heavy atom. The summed E-state index contributed by atoms with van der Waals surface area (Å²) in [6.07, 6.45) is -0.956. The Kier molecular flexibility index (Phi) is 5.83. The molecule has 1 atom stereocenters. The van der Waals surface area contributed by atoms with Crippen molar-refractivity contribution in [2.24, 2.45) is 0 Å². The number of nitro groups is 1. The van der Waals surface area contributed by atoms with Crippen LogP contribution in [0.25, 0.3) is 0 Å². The fraction of sp³-hybridized carbons (Fsp3) is 0.385. The van der Waals surface area contributed by atoms with Crippen LogP contribution in [0.15, 0.2) is 16.6 Å². The number of carbonyl (C=O) groups is 2. The molecule has 0 saturated heterocycles. The zero-order valence-corrected chi connectivity index (χ0v) is 13.4. The normalized spacial score (nSPS) is 11.6. The number of amides is 1. The van der Waals surface area contributed by atoms with Gasteiger partial charge < -0.3 is 10.1 Å². The molecule has 114 valence electrons. The first-order valence-electron chi connectivity index (χ1n) is 6.21. The van der Waals surface area contributed by atoms with E-state index in [0.29, 0.717) is 11.0 Å². The average Bonchev–Trinajstić information content (AvgIpc) is 2.39. The minimum atomic E-state index is -0.956. The summed E-state index contributed by atoms with van der Waals surface area (Å²) in [7, 11) is 0. The molecule has 0 aromatic heterocycles. The summed E-state index contributed by atoms with van der Waals surface area (Å²) in [5.41, 5.74) is -0.321. The lowest BCUT2D eigenvalue weighted by Gasteiger charge is -2.16. The Labute approximate surface area is 129 Å². The van der Waals surface area contributed by atoms with Crippen LogP contribution in [-0.4, -0.2) is 29.3 Å². The minimum absolute atomic E-state index is 0.0484. The van der Waals surface area contributed by atoms with Gasteiger partial charge in [-0.2, -0.15) is 0 Å². The van der Waals surface area contributed by atoms with Gasteiger partial charge in [0.15, 0.2) is 11.9 Å². The van der Waals surface area contributed by atoms with E-state index in [0.717, 1.165) is 0 Å². The third kappa shape index (κ3) is 4.25. The van der Waals surface area contributed by atoms with E-state index >= 15 is 0 Å². The molecule has 0 aliphatic rings. The van der Waals surface area contributed by atoms with E-state index in [1.165, 1.54) is 26.0 Å². The van der Waals surface area contributed by atoms with Gasteiger partial charge in [0.05, 0.1) is 10.5 Å². The van der Waals surface area contributed by atoms with Gasteiger partial charge in [0.1, 0.15) is 0 Å². The molecule has 1 rings (SSSR count). The van der Waals surface area contributed by atoms with E-state index in [-0.39, 0.29) is 17.0 Å². The number of nitrogens with zero attached hydrogens (tertiary/aromatic N) is 1. The number of ketones is 1. The highest BCUT2D eigenvalue weighted by atomic mass is 79.9. The van der Waals surface area contributed by atoms with Crippen LogP contribution < -0.4 is 10.1 Å². The molecule has 8 heteroatoms. The predicted molar refractivity (Wildman–Crippen MR) is 79.6 cm³/mol. The van der Waals surface area contributed by atoms with Gasteiger partial charge in [-0.15, -0.1) is 0 Å². The molecule has 21 heavy (non-hydrogen) atoms. The molecule has 0 spiro atoms. The van der Waals surface area contributed by atoms with Crippen molar-refractivity contribution in [2.75, 3.05) is 6.54 Å². The zero-order valence-electron chi connectivity index (χ0n) is 11.8. The summed E-state index contributed by atoms with van der Waals surface area (Å²) in [6, 6.07) is 2.65. The van der Waals surface area contributed by atoms with E-state index in [4.69, 9.17) is 4.74 Å². The maximum atomic E-state index is 11.7. The standard InChI is InChI=1S/C13H15BrN2O5/c1-4-15-13(18)8(3)21-12-10(7(2)17)5-9(14)6-11(12)16(19)20/h5-6,8H,4H2,1-3H3,(H,15,18). The second kappa shape index (κ2) is 7.16. The van der Waals surface area contributed by atoms with Gasteiger partial charge in [-0.1, -0.05) is 15.9 Å². The number of Topliss-reactive ketones (excluding diaryl/α,β-unsaturated/α-hetero) is 1. The molecule has 0 heterocycles. The Hall–Kier alpha value is -1.96. The number of hydrogen-bond donors (Lipinski definition) is 1. The Bertz CT molecular complexity index is 553. The Balaban J connectivity index is 3.28. The largest absolute Gasteiger partial charge is 0.473 e. The van der Waals surface area contributed by atoms with Crippen LogP contribution in [0.2, 0.25) is 0 Å². The molecule has 0 aliphatic heterocycles. The van der Waals surface area contributed by atoms with Crippen molar-refractivity contribution >= 4 is 33.3 Å². The van der Waals surface area contributed by atoms with Crippen molar-refractivity contribution in [3.8, 4) is 5.75 Å². The Morgan fingerprint density at radius 3 is 2.57 bits per heavy atom. The van der Waals surface area contributed by atoms with Crippen LogP contribution in [0.1, 0.15) is 31.1 Å². The summed E-state index contributed by atoms with van der Waals surface area (Å²) in [5, 5.41) is 13.7. The molecule has 1 aromatic carbocycles. The van der Waals surface area contributed by atoms with Crippen LogP contribution in [0.5, 0.6) is 5.75 Å². The topological polar surface area (TPSA) is 98.5 Å². The molecular weight excluding hydrogens is 344 g/mol. The fourth-order valence-electron chi connectivity index (χ4n) is 1.65. The number of hydrogen-bond acceptors (Lipinski definition) is 5. The lowest BCUT2D eigenvalue weighted by molar-refractivity contribution is -0.386. The molecule has 1 unspecified atom stereocenters. The molecule has 1 amide bonds. The third-order valence-corrected chi connectivity index (χ3v) is 3.08. The molecule has 0 fully saturated rings. The van der Waals surface area contributed by atoms with E-state index in [1.807, 2.05) is 0 Å². The zero-order chi connectivity index (χ0) is 16.2. The van der Waals surface area contributed by atoms with Gasteiger partial charge in [0.25, 0.3) is 5.91 Å². The third-order valence-electron chi connectivity index (χ3n) is 2.62. The quantitative estimate of drug-likeness (QED) is 0.478. The molecule has 0 aliphatic carbocycles. The van der Waals surface area contributed by atoms with E-state index in [2.05, 4.69) is 21.2 Å². The second-order valence-electron chi connectivity index (χ2n) is 4.27. The number of rotatable bonds is 6. The lowest BCUT2D eigenvalue weighted by Crippen LogP contribution is -2.36. The average molecular weight is 359 g/mol. The summed E-state index contributed by atoms with van der Waals surface area (Å²) in [6.45, 7) is 4.89. The first kappa shape index (κ1) is 17.1. The van der Waals surface area contributed by atoms with Crippen molar-refractivity contribution in [1.29, 1.82) is 0 Å². The number of carbonyl (C=O) groups excluding carboxylic acids is 2. The summed E-state index contributed by atoms with van der Waals surface area (Å²) in [5.74, 6) is -1.00. The van der Waals surface area contributed by atoms with Gasteiger partial charge in [-0.25, -0.2) is 0 Å². The van der Waals surface area contributed by atoms with Gasteiger partial charge >= 0.3 is 5.69 Å². The number of nitrogens with one attached hydrogen (secondary N) is 1. The van der Waals surface area contributed by atoms with Crippen molar-refractivity contribution in [2.45, 2.75) is 26.9 Å². The minimum Gasteiger partial charge on any atom is -0.473 e. The number of nitro benzene ring substituents is 1. The number of likely N-dealkylation sites (N-methyl/N-ethyl adjacent to an activating group) is 1. The maximum absolute atomic E-state index is 11.7. The summed E-state index contributed by atoms with van der Waals surface area (Å²) >= 11 is 3.11. The first-order chi connectivity index (χ1) is 9.77. The SMILES string of the molecule is CCNC(=O)C(C)Oc1c(C(C)=O)cc(Br)cc1[N+](=O)[O-]. The molecule has 7 nitrogen and oxygen atoms in total. The molecule has 1 aromatic rings. The first-order valence-corrected chi connectivity index (χ1v) is 7.00. The predicted octanol–water partition coefficient (Wildman–Crippen LogP) is 2.46. The van der Waals surface area contributed by atoms with E-state index in [9.17, 15) is 19.7 Å². The molecule has 1 N–H and O–H groups in total. The number of benzene rings is 1. The molecule has 0 radical (unpaired) electrons. The molecule has 0 saturated carbocycles. The van der Waals surface area contributed by atoms with Crippen molar-refractivity contribution in [3.63, 3.8) is 0 Å². The van der Waals surface area contributed by atoms with E-state index < -0.39 is 22.7 Å². The van der Waals surface area contributed by atoms with Crippen LogP contribution in [0.4, 0.5) is 5.69 Å². The van der Waals surface area contributed by atoms with Crippen LogP contribution in [0, 0.1) is 10.1 Å². The summed E-state index contributed by atoms with van der Waals surface area (Å²) in [4.78, 5) is 33.8. The van der Waals surface area contributed by atoms with Gasteiger partial charge in [0.2, 0.25) is 5.75 Å². The lowest BCUT2D eigenvalue weighted by atomic mass is 10.1. The van der Waals surface area contributed by atoms with Gasteiger partial charge in [-0.05, 0) is 26.8 Å². The van der Waals surface area contributed by atoms with E-state index in [1.54, 1.807) is 6.92 Å². The van der Waals surface area contributed by atoms with Gasteiger partial charge in [0, 0.05) is 17.1 Å². The highest BCUT2D eigenvalue weighted by Crippen LogP contribution is 2.35. The van der Waals surface area contributed by atoms with Crippen LogP contribution in [-0.2, 0) is 4.79 Å². The number of ether oxygens (including phenoxy) is 1. The maximum Gasteiger partial charge on any atom is 0.312 e. The smallest absolute Gasteiger partial charge is 0.312 e. The van der Waals surface area contributed by atoms with Crippen LogP contribution in [0.3, 0.4) is 0 Å². The molecule has 0 bridgehead atoms. The number of halogens is 1.